The molecule has 0 spiro atoms. The van der Waals surface area contributed by atoms with Gasteiger partial charge in [0.05, 0.1) is 25.5 Å². The van der Waals surface area contributed by atoms with Crippen LogP contribution < -0.4 is 14.2 Å². The average Bonchev–Trinajstić information content (AvgIpc) is 3.81. The predicted molar refractivity (Wildman–Crippen MR) is 179 cm³/mol. The second-order valence-electron chi connectivity index (χ2n) is 10.6. The molecule has 5 aromatic rings. The van der Waals surface area contributed by atoms with Crippen LogP contribution in [0, 0.1) is 0 Å². The molecular weight excluding hydrogens is 792 g/mol. The number of rotatable bonds is 13. The molecule has 280 valence electrons. The number of halogens is 9. The molecule has 5 rings (SSSR count). The van der Waals surface area contributed by atoms with Crippen molar-refractivity contribution in [2.75, 3.05) is 21.3 Å². The summed E-state index contributed by atoms with van der Waals surface area (Å²) in [6, 6.07) is 22.9. The molecule has 19 heteroatoms. The Morgan fingerprint density at radius 1 is 0.519 bits per heavy atom. The topological polar surface area (TPSA) is 71.1 Å². The maximum Gasteiger partial charge on any atom is 0.460 e. The Labute approximate surface area is 301 Å². The monoisotopic (exact) mass is 816 g/mol. The second kappa shape index (κ2) is 14.1. The molecule has 0 unspecified atom stereocenters. The highest BCUT2D eigenvalue weighted by Gasteiger charge is 2.86. The number of alkyl halides is 9. The Morgan fingerprint density at radius 2 is 0.962 bits per heavy atom. The summed E-state index contributed by atoms with van der Waals surface area (Å²) >= 11 is 2.16. The van der Waals surface area contributed by atoms with Crippen LogP contribution in [0.1, 0.15) is 0 Å². The summed E-state index contributed by atoms with van der Waals surface area (Å²) in [7, 11) is -7.55. The minimum atomic E-state index is -7.52. The van der Waals surface area contributed by atoms with E-state index in [2.05, 4.69) is 0 Å². The summed E-state index contributed by atoms with van der Waals surface area (Å²) in [5, 5.41) is -6.45. The van der Waals surface area contributed by atoms with E-state index in [1.54, 1.807) is 30.3 Å². The largest absolute Gasteiger partial charge is 0.497 e. The van der Waals surface area contributed by atoms with Crippen molar-refractivity contribution in [3.63, 3.8) is 0 Å². The number of thiophene rings is 2. The van der Waals surface area contributed by atoms with Gasteiger partial charge in [0.25, 0.3) is 0 Å². The molecule has 0 N–H and O–H groups in total. The molecule has 6 nitrogen and oxygen atoms in total. The first-order valence-electron chi connectivity index (χ1n) is 14.4. The molecule has 2 heterocycles. The molecule has 3 aromatic carbocycles. The van der Waals surface area contributed by atoms with E-state index in [0.717, 1.165) is 46.0 Å². The Kier molecular flexibility index (Phi) is 10.7. The molecule has 0 aliphatic rings. The van der Waals surface area contributed by atoms with Crippen LogP contribution in [0.4, 0.5) is 39.5 Å². The summed E-state index contributed by atoms with van der Waals surface area (Å²) in [6.07, 6.45) is -7.26. The highest BCUT2D eigenvalue weighted by Crippen LogP contribution is 2.73. The van der Waals surface area contributed by atoms with Gasteiger partial charge in [0.15, 0.2) is 5.06 Å². The Hall–Kier alpha value is -3.91. The molecular formula is C33H25F9O6S4. The maximum atomic E-state index is 15.3. The van der Waals surface area contributed by atoms with Gasteiger partial charge in [-0.15, -0.1) is 11.3 Å². The van der Waals surface area contributed by atoms with Crippen LogP contribution in [0.3, 0.4) is 0 Å². The van der Waals surface area contributed by atoms with Crippen molar-refractivity contribution in [3.05, 3.63) is 97.1 Å². The van der Waals surface area contributed by atoms with Gasteiger partial charge in [-0.2, -0.15) is 47.9 Å². The molecule has 0 aliphatic heterocycles. The lowest BCUT2D eigenvalue weighted by Gasteiger charge is -2.40. The quantitative estimate of drug-likeness (QED) is 0.110. The van der Waals surface area contributed by atoms with Crippen molar-refractivity contribution in [2.45, 2.75) is 37.3 Å². The summed E-state index contributed by atoms with van der Waals surface area (Å²) in [5.41, 5.74) is 1.34. The van der Waals surface area contributed by atoms with Gasteiger partial charge < -0.3 is 14.2 Å². The zero-order valence-corrected chi connectivity index (χ0v) is 30.0. The van der Waals surface area contributed by atoms with Gasteiger partial charge in [0.1, 0.15) is 11.5 Å². The number of ether oxygens (including phenoxy) is 3. The zero-order chi connectivity index (χ0) is 38.3. The van der Waals surface area contributed by atoms with Gasteiger partial charge in [-0.05, 0) is 94.2 Å². The van der Waals surface area contributed by atoms with E-state index in [0.29, 0.717) is 15.5 Å². The third-order valence-electron chi connectivity index (χ3n) is 7.51. The van der Waals surface area contributed by atoms with Crippen LogP contribution in [-0.4, -0.2) is 53.0 Å². The third-order valence-corrected chi connectivity index (χ3v) is 15.5. The second-order valence-corrected chi connectivity index (χ2v) is 17.5. The molecule has 0 radical (unpaired) electrons. The van der Waals surface area contributed by atoms with Crippen molar-refractivity contribution in [1.82, 2.24) is 0 Å². The van der Waals surface area contributed by atoms with Crippen molar-refractivity contribution < 1.29 is 65.8 Å². The van der Waals surface area contributed by atoms with E-state index >= 15 is 8.78 Å². The first-order chi connectivity index (χ1) is 24.3. The minimum Gasteiger partial charge on any atom is -0.497 e. The van der Waals surface area contributed by atoms with Crippen LogP contribution in [0.25, 0.3) is 20.9 Å². The molecule has 0 amide bonds. The Bertz CT molecular complexity index is 2060. The number of methoxy groups -OCH3 is 3. The van der Waals surface area contributed by atoms with Crippen LogP contribution in [-0.2, 0) is 13.7 Å². The van der Waals surface area contributed by atoms with Crippen LogP contribution >= 0.6 is 33.0 Å². The third kappa shape index (κ3) is 6.72. The van der Waals surface area contributed by atoms with E-state index in [1.807, 2.05) is 6.07 Å². The van der Waals surface area contributed by atoms with Crippen molar-refractivity contribution >= 4 is 43.1 Å². The van der Waals surface area contributed by atoms with Gasteiger partial charge in [0.2, 0.25) is 0 Å². The highest BCUT2D eigenvalue weighted by atomic mass is 32.3. The summed E-state index contributed by atoms with van der Waals surface area (Å²) < 4.78 is 174. The van der Waals surface area contributed by atoms with E-state index in [9.17, 15) is 39.2 Å². The van der Waals surface area contributed by atoms with Crippen LogP contribution in [0.2, 0.25) is 0 Å². The molecule has 0 saturated heterocycles. The van der Waals surface area contributed by atoms with Gasteiger partial charge in [0, 0.05) is 19.5 Å². The molecule has 0 atom stereocenters. The Morgan fingerprint density at radius 3 is 1.37 bits per heavy atom. The summed E-state index contributed by atoms with van der Waals surface area (Å²) in [6.45, 7) is 0. The Balaban J connectivity index is 1.72. The fourth-order valence-corrected chi connectivity index (χ4v) is 12.6. The lowest BCUT2D eigenvalue weighted by atomic mass is 10.1. The number of benzene rings is 3. The first kappa shape index (κ1) is 39.3. The van der Waals surface area contributed by atoms with Crippen LogP contribution in [0.5, 0.6) is 16.6 Å². The van der Waals surface area contributed by atoms with E-state index < -0.39 is 43.7 Å². The number of hydrogen-bond donors (Lipinski definition) is 0. The summed E-state index contributed by atoms with van der Waals surface area (Å²) in [4.78, 5) is 0.759. The van der Waals surface area contributed by atoms with E-state index in [4.69, 9.17) is 17.8 Å². The first-order valence-corrected chi connectivity index (χ1v) is 19.0. The smallest absolute Gasteiger partial charge is 0.460 e. The van der Waals surface area contributed by atoms with Gasteiger partial charge >= 0.3 is 33.4 Å². The van der Waals surface area contributed by atoms with Gasteiger partial charge in [-0.1, -0.05) is 35.6 Å². The predicted octanol–water partition coefficient (Wildman–Crippen LogP) is 11.1. The SMILES string of the molecule is COc1ccc(S(OS(=O)(=O)C(F)(F)C(F)(F)C(F)(F)C(F)(F)F)(c2ccc(OC)cc2)c2ccc(-c3ccc(-c4ccc(OC)s4)cc3)s2)cc1. The van der Waals surface area contributed by atoms with Crippen molar-refractivity contribution in [3.8, 4) is 37.4 Å². The molecule has 0 saturated carbocycles. The van der Waals surface area contributed by atoms with Crippen molar-refractivity contribution in [2.24, 2.45) is 0 Å². The minimum absolute atomic E-state index is 0.173. The zero-order valence-electron chi connectivity index (χ0n) is 26.7. The molecule has 0 bridgehead atoms. The average molecular weight is 817 g/mol. The van der Waals surface area contributed by atoms with Gasteiger partial charge in [-0.25, -0.2) is 3.63 Å². The molecule has 2 aromatic heterocycles. The summed E-state index contributed by atoms with van der Waals surface area (Å²) in [5.74, 6) is -14.7. The molecule has 0 aliphatic carbocycles. The van der Waals surface area contributed by atoms with Gasteiger partial charge in [-0.3, -0.25) is 0 Å². The molecule has 52 heavy (non-hydrogen) atoms. The standard InChI is InChI=1S/C33H25F9O6S4/c1-45-22-8-12-24(13-9-22)51(25-14-10-23(46-2)11-15-25,48-52(43,44)33(41,42)31(36,37)30(34,35)32(38,39)40)29-19-17-27(50-29)21-6-4-20(5-7-21)26-16-18-28(47-3)49-26/h4-19H,1-3H3. The fourth-order valence-electron chi connectivity index (χ4n) is 4.72. The maximum absolute atomic E-state index is 15.3. The van der Waals surface area contributed by atoms with E-state index in [-0.39, 0.29) is 25.5 Å². The van der Waals surface area contributed by atoms with E-state index in [1.165, 1.54) is 69.1 Å². The lowest BCUT2D eigenvalue weighted by molar-refractivity contribution is -0.382. The van der Waals surface area contributed by atoms with Crippen molar-refractivity contribution in [1.29, 1.82) is 0 Å². The fraction of sp³-hybridized carbons (Fsp3) is 0.212. The number of hydrogen-bond acceptors (Lipinski definition) is 8. The van der Waals surface area contributed by atoms with Crippen LogP contribution in [0.15, 0.2) is 111 Å². The lowest BCUT2D eigenvalue weighted by Crippen LogP contribution is -2.63. The highest BCUT2D eigenvalue weighted by molar-refractivity contribution is 8.34. The normalized spacial score (nSPS) is 13.5. The molecule has 0 fully saturated rings.